The molecule has 0 aliphatic carbocycles. The number of hydrogen-bond acceptors (Lipinski definition) is 7. The molecule has 66 valence electrons. The van der Waals surface area contributed by atoms with Crippen molar-refractivity contribution in [1.82, 2.24) is 0 Å². The summed E-state index contributed by atoms with van der Waals surface area (Å²) < 4.78 is 0. The highest BCUT2D eigenvalue weighted by molar-refractivity contribution is 4.86. The average Bonchev–Trinajstić information content (AvgIpc) is 1.96. The molecule has 0 bridgehead atoms. The van der Waals surface area contributed by atoms with E-state index < -0.39 is 0 Å². The van der Waals surface area contributed by atoms with E-state index in [2.05, 4.69) is 36.7 Å². The highest BCUT2D eigenvalue weighted by atomic mass is 17.9. The van der Waals surface area contributed by atoms with Gasteiger partial charge in [-0.25, -0.2) is 5.26 Å². The minimum atomic E-state index is 0.142. The Bertz CT molecular complexity index is 103. The quantitative estimate of drug-likeness (QED) is 0.259. The topological polar surface area (TPSA) is 75.6 Å². The van der Waals surface area contributed by atoms with Gasteiger partial charge in [0.1, 0.15) is 6.61 Å². The molecule has 0 aromatic carbocycles. The van der Waals surface area contributed by atoms with Crippen molar-refractivity contribution in [3.05, 3.63) is 12.2 Å². The fourth-order valence-electron chi connectivity index (χ4n) is 0.179. The van der Waals surface area contributed by atoms with Crippen LogP contribution in [0.4, 0.5) is 0 Å². The van der Waals surface area contributed by atoms with Crippen LogP contribution in [0.5, 0.6) is 0 Å². The Labute approximate surface area is 62.2 Å². The second-order valence-electron chi connectivity index (χ2n) is 1.57. The molecule has 0 spiro atoms. The SMILES string of the molecule is C=C(C)COOOOOOO. The molecule has 0 aliphatic heterocycles. The average molecular weight is 168 g/mol. The standard InChI is InChI=1S/C4H8O7/c1-4(2)3-6-8-10-11-9-7-5/h5H,1,3H2,2H3. The van der Waals surface area contributed by atoms with E-state index in [0.29, 0.717) is 0 Å². The molecule has 0 atom stereocenters. The summed E-state index contributed by atoms with van der Waals surface area (Å²) in [6, 6.07) is 0. The van der Waals surface area contributed by atoms with Crippen LogP contribution in [0.25, 0.3) is 0 Å². The Kier molecular flexibility index (Phi) is 7.19. The zero-order chi connectivity index (χ0) is 8.53. The first-order valence-electron chi connectivity index (χ1n) is 2.51. The third-order valence-corrected chi connectivity index (χ3v) is 0.467. The molecular weight excluding hydrogens is 160 g/mol. The van der Waals surface area contributed by atoms with Crippen LogP contribution in [0.3, 0.4) is 0 Å². The van der Waals surface area contributed by atoms with Crippen LogP contribution < -0.4 is 0 Å². The molecule has 0 fully saturated rings. The smallest absolute Gasteiger partial charge is 0.106 e. The Hall–Kier alpha value is -0.540. The Morgan fingerprint density at radius 2 is 1.91 bits per heavy atom. The van der Waals surface area contributed by atoms with Gasteiger partial charge in [0.25, 0.3) is 0 Å². The summed E-state index contributed by atoms with van der Waals surface area (Å²) in [4.78, 5) is 4.28. The van der Waals surface area contributed by atoms with Crippen LogP contribution in [-0.4, -0.2) is 11.9 Å². The zero-order valence-electron chi connectivity index (χ0n) is 5.81. The van der Waals surface area contributed by atoms with Gasteiger partial charge in [0.2, 0.25) is 0 Å². The van der Waals surface area contributed by atoms with Gasteiger partial charge in [0.15, 0.2) is 0 Å². The third kappa shape index (κ3) is 9.46. The van der Waals surface area contributed by atoms with Crippen LogP contribution >= 0.6 is 0 Å². The first-order valence-corrected chi connectivity index (χ1v) is 2.51. The minimum absolute atomic E-state index is 0.142. The second kappa shape index (κ2) is 7.57. The van der Waals surface area contributed by atoms with E-state index in [1.54, 1.807) is 6.92 Å². The first-order chi connectivity index (χ1) is 5.27. The Morgan fingerprint density at radius 1 is 1.27 bits per heavy atom. The van der Waals surface area contributed by atoms with Crippen LogP contribution in [0.1, 0.15) is 6.92 Å². The predicted octanol–water partition coefficient (Wildman–Crippen LogP) is 0.710. The lowest BCUT2D eigenvalue weighted by molar-refractivity contribution is -0.787. The van der Waals surface area contributed by atoms with Gasteiger partial charge in [0, 0.05) is 0 Å². The van der Waals surface area contributed by atoms with Gasteiger partial charge in [-0.2, -0.15) is 4.89 Å². The Morgan fingerprint density at radius 3 is 2.45 bits per heavy atom. The first kappa shape index (κ1) is 10.5. The number of hydrogen-bond donors (Lipinski definition) is 1. The minimum Gasteiger partial charge on any atom is -0.219 e. The van der Waals surface area contributed by atoms with E-state index in [9.17, 15) is 0 Å². The van der Waals surface area contributed by atoms with Crippen LogP contribution in [0, 0.1) is 0 Å². The molecule has 0 amide bonds. The summed E-state index contributed by atoms with van der Waals surface area (Å²) in [5, 5.41) is 24.8. The highest BCUT2D eigenvalue weighted by Gasteiger charge is 1.91. The van der Waals surface area contributed by atoms with Crippen molar-refractivity contribution in [1.29, 1.82) is 0 Å². The second-order valence-corrected chi connectivity index (χ2v) is 1.57. The van der Waals surface area contributed by atoms with E-state index in [0.717, 1.165) is 5.57 Å². The van der Waals surface area contributed by atoms with Gasteiger partial charge in [-0.1, -0.05) is 12.2 Å². The lowest BCUT2D eigenvalue weighted by atomic mass is 10.4. The molecule has 1 N–H and O–H groups in total. The van der Waals surface area contributed by atoms with Crippen molar-refractivity contribution >= 4 is 0 Å². The van der Waals surface area contributed by atoms with Crippen LogP contribution in [0.15, 0.2) is 12.2 Å². The van der Waals surface area contributed by atoms with Crippen molar-refractivity contribution in [2.45, 2.75) is 6.92 Å². The van der Waals surface area contributed by atoms with Gasteiger partial charge < -0.3 is 0 Å². The van der Waals surface area contributed by atoms with E-state index in [-0.39, 0.29) is 6.61 Å². The van der Waals surface area contributed by atoms with Gasteiger partial charge in [0.05, 0.1) is 0 Å². The molecule has 7 nitrogen and oxygen atoms in total. The fourth-order valence-corrected chi connectivity index (χ4v) is 0.179. The summed E-state index contributed by atoms with van der Waals surface area (Å²) in [6.07, 6.45) is 0. The maximum atomic E-state index is 7.47. The third-order valence-electron chi connectivity index (χ3n) is 0.467. The van der Waals surface area contributed by atoms with Crippen LogP contribution in [0.2, 0.25) is 0 Å². The maximum Gasteiger partial charge on any atom is 0.106 e. The monoisotopic (exact) mass is 168 g/mol. The molecule has 0 aromatic rings. The molecular formula is C4H8O7. The van der Waals surface area contributed by atoms with E-state index in [4.69, 9.17) is 5.26 Å². The largest absolute Gasteiger partial charge is 0.219 e. The normalized spacial score (nSPS) is 10.0. The van der Waals surface area contributed by atoms with Gasteiger partial charge >= 0.3 is 0 Å². The molecule has 11 heavy (non-hydrogen) atoms. The van der Waals surface area contributed by atoms with Crippen molar-refractivity contribution in [2.75, 3.05) is 6.61 Å². The molecule has 0 aromatic heterocycles. The molecule has 0 rings (SSSR count). The molecule has 7 heteroatoms. The van der Waals surface area contributed by atoms with Gasteiger partial charge in [-0.15, -0.1) is 0 Å². The van der Waals surface area contributed by atoms with Gasteiger partial charge in [-0.3, -0.25) is 0 Å². The Balaban J connectivity index is 2.85. The molecule has 0 aliphatic rings. The predicted molar refractivity (Wildman–Crippen MR) is 28.8 cm³/mol. The summed E-state index contributed by atoms with van der Waals surface area (Å²) in [7, 11) is 0. The van der Waals surface area contributed by atoms with Crippen molar-refractivity contribution < 1.29 is 35.3 Å². The van der Waals surface area contributed by atoms with E-state index >= 15 is 0 Å². The molecule has 0 heterocycles. The molecule has 0 unspecified atom stereocenters. The maximum absolute atomic E-state index is 7.47. The molecule has 0 radical (unpaired) electrons. The zero-order valence-corrected chi connectivity index (χ0v) is 5.81. The summed E-state index contributed by atoms with van der Waals surface area (Å²) in [6.45, 7) is 5.35. The van der Waals surface area contributed by atoms with Crippen molar-refractivity contribution in [3.63, 3.8) is 0 Å². The summed E-state index contributed by atoms with van der Waals surface area (Å²) >= 11 is 0. The van der Waals surface area contributed by atoms with E-state index in [1.807, 2.05) is 0 Å². The summed E-state index contributed by atoms with van der Waals surface area (Å²) in [5.74, 6) is 0. The summed E-state index contributed by atoms with van der Waals surface area (Å²) in [5.41, 5.74) is 0.730. The number of rotatable bonds is 7. The fraction of sp³-hybridized carbons (Fsp3) is 0.500. The lowest BCUT2D eigenvalue weighted by Gasteiger charge is -1.98. The van der Waals surface area contributed by atoms with E-state index in [1.165, 1.54) is 0 Å². The van der Waals surface area contributed by atoms with Crippen molar-refractivity contribution in [2.24, 2.45) is 0 Å². The van der Waals surface area contributed by atoms with Crippen LogP contribution in [-0.2, 0) is 30.1 Å². The van der Waals surface area contributed by atoms with Crippen molar-refractivity contribution in [3.8, 4) is 0 Å². The molecule has 0 saturated heterocycles. The highest BCUT2D eigenvalue weighted by Crippen LogP contribution is 1.90. The van der Waals surface area contributed by atoms with Gasteiger partial charge in [-0.05, 0) is 32.1 Å². The molecule has 0 saturated carbocycles. The lowest BCUT2D eigenvalue weighted by Crippen LogP contribution is -2.00.